The van der Waals surface area contributed by atoms with E-state index in [-0.39, 0.29) is 38.4 Å². The van der Waals surface area contributed by atoms with Gasteiger partial charge in [-0.3, -0.25) is 41.5 Å². The highest BCUT2D eigenvalue weighted by atomic mass is 32.1. The highest BCUT2D eigenvalue weighted by molar-refractivity contribution is 7.10. The monoisotopic (exact) mass is 1920 g/mol. The van der Waals surface area contributed by atoms with E-state index in [0.29, 0.717) is 58.2 Å². The summed E-state index contributed by atoms with van der Waals surface area (Å²) in [7, 11) is 3.95. The fourth-order valence-corrected chi connectivity index (χ4v) is 15.6. The van der Waals surface area contributed by atoms with Crippen LogP contribution in [-0.2, 0) is 91.1 Å². The smallest absolute Gasteiger partial charge is 0.389 e. The number of alkyl halides is 12. The first kappa shape index (κ1) is 101. The Bertz CT molecular complexity index is 6830. The van der Waals surface area contributed by atoms with Gasteiger partial charge in [-0.1, -0.05) is 98.6 Å². The van der Waals surface area contributed by atoms with Crippen molar-refractivity contribution in [3.05, 3.63) is 296 Å². The average Bonchev–Trinajstić information content (AvgIpc) is 1.65. The van der Waals surface area contributed by atoms with Crippen LogP contribution in [0.25, 0.3) is 67.6 Å². The molecule has 1 saturated heterocycles. The summed E-state index contributed by atoms with van der Waals surface area (Å²) in [5, 5.41) is 26.4. The highest BCUT2D eigenvalue weighted by Gasteiger charge is 2.32. The molecule has 15 aromatic rings. The number of pyridine rings is 4. The highest BCUT2D eigenvalue weighted by Crippen LogP contribution is 2.32. The molecule has 720 valence electrons. The minimum Gasteiger partial charge on any atom is -0.392 e. The number of carbonyl (C=O) groups is 4. The molecule has 0 unspecified atom stereocenters. The number of aryl methyl sites for hydroxylation is 5. The molecule has 38 heteroatoms. The van der Waals surface area contributed by atoms with Crippen molar-refractivity contribution in [3.8, 4) is 45.0 Å². The molecule has 138 heavy (non-hydrogen) atoms. The molecule has 0 bridgehead atoms. The van der Waals surface area contributed by atoms with Crippen LogP contribution in [0.5, 0.6) is 0 Å². The molecule has 0 radical (unpaired) electrons. The quantitative estimate of drug-likeness (QED) is 0.0203. The predicted molar refractivity (Wildman–Crippen MR) is 498 cm³/mol. The third kappa shape index (κ3) is 30.5. The lowest BCUT2D eigenvalue weighted by Crippen LogP contribution is -2.33. The standard InChI is InChI=1S/C25H24F3N5O2.C25H23F3N4O3.C25H27F3N4O2.C25H22F3N3O2S/c1-17-10-21(32(2)31-17)16-35-30-14-19-7-9-33-23(15-29-24(33)13-19)20-5-3-4-18(11-20)12-22(34)6-8-25(26,27)28;1-16-22(17(2)35-31-16)15-34-30-13-19-7-9-32-23(14-29-24(32)12-19)20-5-3-4-18(10-20)11-21(33)6-8-25(26,27)28;1-31-10-7-22(8-11-31)34-30-16-19-6-12-32-23(17-29-24(32)15-19)20-4-2-3-18(13-20)14-21(33)5-9-25(26,27)28;1-17-9-20(16-34-17)15-33-30-13-19-6-8-31-23(14-29-24(31)12-19)21-4-2-3-18(10-21)11-22(32)5-7-25(26,27)28/h3-5,7,9-11,13-15H,6,8,12,16H2,1-2H3;3-5,7,9-10,12-14H,6,8,11,15H2,1-2H3;2-4,6,12-13,15-17,22H,5,7-11,14H2,1H3;2-4,6,8-10,12-14,16H,5,7,11,15H2,1H3. The van der Waals surface area contributed by atoms with Crippen LogP contribution in [0.3, 0.4) is 0 Å². The molecule has 0 aliphatic carbocycles. The first-order valence-corrected chi connectivity index (χ1v) is 44.7. The van der Waals surface area contributed by atoms with Crippen molar-refractivity contribution < 1.29 is 95.7 Å². The van der Waals surface area contributed by atoms with Crippen molar-refractivity contribution in [1.82, 2.24) is 57.4 Å². The number of oxime groups is 4. The number of rotatable bonds is 35. The molecule has 11 aromatic heterocycles. The number of hydrogen-bond acceptors (Lipinski definition) is 21. The molecule has 0 atom stereocenters. The van der Waals surface area contributed by atoms with Gasteiger partial charge in [0.05, 0.1) is 121 Å². The third-order valence-corrected chi connectivity index (χ3v) is 22.9. The molecule has 4 aromatic carbocycles. The number of piperidine rings is 1. The Labute approximate surface area is 788 Å². The fourth-order valence-electron chi connectivity index (χ4n) is 14.9. The maximum atomic E-state index is 12.4. The van der Waals surface area contributed by atoms with Gasteiger partial charge >= 0.3 is 24.7 Å². The van der Waals surface area contributed by atoms with Gasteiger partial charge in [0.15, 0.2) is 6.61 Å². The van der Waals surface area contributed by atoms with E-state index < -0.39 is 99.2 Å². The van der Waals surface area contributed by atoms with Gasteiger partial charge in [-0.05, 0) is 160 Å². The Balaban J connectivity index is 0.000000155. The number of nitrogens with zero attached hydrogens (tertiary/aromatic N) is 16. The van der Waals surface area contributed by atoms with Crippen LogP contribution in [0.4, 0.5) is 52.7 Å². The Morgan fingerprint density at radius 3 is 1.08 bits per heavy atom. The van der Waals surface area contributed by atoms with E-state index in [9.17, 15) is 71.9 Å². The molecule has 0 amide bonds. The fraction of sp³-hybridized carbons (Fsp3) is 0.300. The molecular formula is C100H96F12N16O9S. The third-order valence-electron chi connectivity index (χ3n) is 22.0. The predicted octanol–water partition coefficient (Wildman–Crippen LogP) is 21.9. The van der Waals surface area contributed by atoms with Gasteiger partial charge in [-0.25, -0.2) is 19.9 Å². The Hall–Kier alpha value is -14.6. The van der Waals surface area contributed by atoms with Gasteiger partial charge in [0, 0.05) is 151 Å². The number of aromatic nitrogens is 11. The molecule has 0 saturated carbocycles. The Morgan fingerprint density at radius 2 is 0.768 bits per heavy atom. The topological polar surface area (TPSA) is 271 Å². The molecule has 12 heterocycles. The second-order valence-corrected chi connectivity index (χ2v) is 34.2. The van der Waals surface area contributed by atoms with E-state index in [1.165, 1.54) is 4.88 Å². The van der Waals surface area contributed by atoms with Gasteiger partial charge in [0.1, 0.15) is 70.8 Å². The van der Waals surface area contributed by atoms with Crippen molar-refractivity contribution in [2.75, 3.05) is 20.1 Å². The van der Waals surface area contributed by atoms with Crippen LogP contribution in [0, 0.1) is 27.7 Å². The summed E-state index contributed by atoms with van der Waals surface area (Å²) in [5.74, 6) is -1.06. The minimum atomic E-state index is -4.33. The van der Waals surface area contributed by atoms with Crippen molar-refractivity contribution in [2.45, 2.75) is 168 Å². The lowest BCUT2D eigenvalue weighted by atomic mass is 10.0. The van der Waals surface area contributed by atoms with Crippen LogP contribution in [-0.4, -0.2) is 156 Å². The molecule has 1 fully saturated rings. The molecule has 16 rings (SSSR count). The van der Waals surface area contributed by atoms with Crippen molar-refractivity contribution >= 4 is 81.9 Å². The van der Waals surface area contributed by atoms with Crippen LogP contribution >= 0.6 is 11.3 Å². The number of benzene rings is 4. The van der Waals surface area contributed by atoms with E-state index in [4.69, 9.17) is 23.9 Å². The van der Waals surface area contributed by atoms with E-state index in [0.717, 1.165) is 127 Å². The summed E-state index contributed by atoms with van der Waals surface area (Å²) >= 11 is 1.67. The zero-order chi connectivity index (χ0) is 98.3. The second kappa shape index (κ2) is 46.3. The molecule has 0 N–H and O–H groups in total. The zero-order valence-corrected chi connectivity index (χ0v) is 76.6. The first-order chi connectivity index (χ1) is 65.9. The van der Waals surface area contributed by atoms with Gasteiger partial charge in [-0.2, -0.15) is 57.8 Å². The number of carbonyl (C=O) groups excluding carboxylic acids is 4. The number of hydrogen-bond donors (Lipinski definition) is 0. The summed E-state index contributed by atoms with van der Waals surface area (Å²) in [6.45, 7) is 10.6. The Kier molecular flexibility index (Phi) is 33.9. The van der Waals surface area contributed by atoms with Gasteiger partial charge in [0.2, 0.25) is 0 Å². The van der Waals surface area contributed by atoms with Crippen LogP contribution in [0.2, 0.25) is 0 Å². The van der Waals surface area contributed by atoms with Crippen molar-refractivity contribution in [3.63, 3.8) is 0 Å². The van der Waals surface area contributed by atoms with Gasteiger partial charge < -0.3 is 28.8 Å². The minimum absolute atomic E-state index is 0.0292. The number of imidazole rings is 4. The zero-order valence-electron chi connectivity index (χ0n) is 75.8. The van der Waals surface area contributed by atoms with Gasteiger partial charge in [-0.15, -0.1) is 11.3 Å². The average molecular weight is 1930 g/mol. The number of Topliss-reactive ketones (excluding diaryl/α,β-unsaturated/α-hetero) is 4. The summed E-state index contributed by atoms with van der Waals surface area (Å²) in [6, 6.07) is 47.8. The summed E-state index contributed by atoms with van der Waals surface area (Å²) in [6.07, 6.45) is -1.04. The molecule has 0 spiro atoms. The van der Waals surface area contributed by atoms with Crippen molar-refractivity contribution in [2.24, 2.45) is 27.7 Å². The van der Waals surface area contributed by atoms with Crippen LogP contribution in [0.15, 0.2) is 238 Å². The largest absolute Gasteiger partial charge is 0.392 e. The van der Waals surface area contributed by atoms with Crippen molar-refractivity contribution in [1.29, 1.82) is 0 Å². The summed E-state index contributed by atoms with van der Waals surface area (Å²) in [5.41, 5.74) is 19.8. The van der Waals surface area contributed by atoms with E-state index >= 15 is 0 Å². The van der Waals surface area contributed by atoms with E-state index in [2.05, 4.69) is 68.8 Å². The molecule has 1 aliphatic heterocycles. The van der Waals surface area contributed by atoms with Crippen LogP contribution < -0.4 is 0 Å². The summed E-state index contributed by atoms with van der Waals surface area (Å²) in [4.78, 5) is 90.9. The van der Waals surface area contributed by atoms with E-state index in [1.54, 1.807) is 126 Å². The second-order valence-electron chi connectivity index (χ2n) is 33.1. The number of fused-ring (bicyclic) bond motifs is 4. The maximum absolute atomic E-state index is 12.4. The molecule has 25 nitrogen and oxygen atoms in total. The SMILES string of the molecule is CN1CCC(ON=Cc2ccn3c(-c4cccc(CC(=O)CCC(F)(F)F)c4)cnc3c2)CC1.Cc1cc(CON=Cc2ccn3c(-c4cccc(CC(=O)CCC(F)(F)F)c4)cnc3c2)cs1.Cc1cc(CON=Cc2ccn3c(-c4cccc(CC(=O)CCC(F)(F)F)c4)cnc3c2)n(C)n1.Cc1noc(C)c1CON=Cc1ccn2c(-c3cccc(CC(=O)CCC(F)(F)F)c3)cnc2c1. The lowest BCUT2D eigenvalue weighted by Gasteiger charge is -2.27. The van der Waals surface area contributed by atoms with E-state index in [1.807, 2.05) is 174 Å². The molecular weight excluding hydrogens is 1830 g/mol. The normalized spacial score (nSPS) is 13.0. The first-order valence-electron chi connectivity index (χ1n) is 43.8. The number of ketones is 4. The lowest BCUT2D eigenvalue weighted by molar-refractivity contribution is -0.143. The summed E-state index contributed by atoms with van der Waals surface area (Å²) < 4.78 is 163. The maximum Gasteiger partial charge on any atom is 0.389 e. The van der Waals surface area contributed by atoms with Gasteiger partial charge in [0.25, 0.3) is 0 Å². The number of halogens is 12. The number of thiophene rings is 1. The molecule has 1 aliphatic rings. The van der Waals surface area contributed by atoms with Crippen LogP contribution in [0.1, 0.15) is 148 Å². The Morgan fingerprint density at radius 1 is 0.428 bits per heavy atom. The number of likely N-dealkylation sites (tertiary alicyclic amines) is 1.